The molecule has 0 aliphatic heterocycles. The molecule has 0 radical (unpaired) electrons. The van der Waals surface area contributed by atoms with Crippen molar-refractivity contribution in [2.24, 2.45) is 7.05 Å². The van der Waals surface area contributed by atoms with E-state index in [-0.39, 0.29) is 12.3 Å². The van der Waals surface area contributed by atoms with E-state index in [2.05, 4.69) is 10.4 Å². The van der Waals surface area contributed by atoms with Gasteiger partial charge in [0, 0.05) is 19.9 Å². The molecule has 1 rings (SSSR count). The maximum absolute atomic E-state index is 11.7. The Morgan fingerprint density at radius 2 is 1.89 bits per heavy atom. The van der Waals surface area contributed by atoms with Gasteiger partial charge in [0.2, 0.25) is 5.91 Å². The van der Waals surface area contributed by atoms with E-state index in [1.807, 2.05) is 20.9 Å². The van der Waals surface area contributed by atoms with Gasteiger partial charge in [0.05, 0.1) is 17.1 Å². The number of anilines is 1. The number of carbonyl (C=O) groups excluding carboxylic acids is 1. The Balaban J connectivity index is 2.42. The Bertz CT molecular complexity index is 452. The van der Waals surface area contributed by atoms with Gasteiger partial charge in [0.25, 0.3) is 0 Å². The molecular formula is C12H19N3O3. The number of aryl methyl sites for hydroxylation is 2. The molecule has 6 heteroatoms. The number of aliphatic carboxylic acids is 1. The third kappa shape index (κ3) is 3.87. The lowest BCUT2D eigenvalue weighted by Crippen LogP contribution is -2.12. The third-order valence-corrected chi connectivity index (χ3v) is 2.82. The fourth-order valence-electron chi connectivity index (χ4n) is 1.72. The van der Waals surface area contributed by atoms with Crippen LogP contribution in [0.5, 0.6) is 0 Å². The number of unbranched alkanes of at least 4 members (excludes halogenated alkanes) is 1. The molecular weight excluding hydrogens is 234 g/mol. The van der Waals surface area contributed by atoms with E-state index >= 15 is 0 Å². The molecule has 1 heterocycles. The normalized spacial score (nSPS) is 10.4. The van der Waals surface area contributed by atoms with E-state index in [0.29, 0.717) is 19.3 Å². The SMILES string of the molecule is Cc1nn(C)c(C)c1NC(=O)CCCCC(=O)O. The zero-order valence-electron chi connectivity index (χ0n) is 11.0. The highest BCUT2D eigenvalue weighted by Crippen LogP contribution is 2.18. The van der Waals surface area contributed by atoms with Crippen LogP contribution in [0.25, 0.3) is 0 Å². The molecule has 0 aromatic carbocycles. The molecule has 0 spiro atoms. The van der Waals surface area contributed by atoms with Gasteiger partial charge in [0.1, 0.15) is 0 Å². The molecule has 6 nitrogen and oxygen atoms in total. The predicted molar refractivity (Wildman–Crippen MR) is 67.4 cm³/mol. The van der Waals surface area contributed by atoms with E-state index in [4.69, 9.17) is 5.11 Å². The van der Waals surface area contributed by atoms with Crippen molar-refractivity contribution in [3.8, 4) is 0 Å². The zero-order valence-corrected chi connectivity index (χ0v) is 11.0. The van der Waals surface area contributed by atoms with Gasteiger partial charge in [-0.3, -0.25) is 14.3 Å². The summed E-state index contributed by atoms with van der Waals surface area (Å²) in [7, 11) is 1.82. The van der Waals surface area contributed by atoms with Crippen LogP contribution >= 0.6 is 0 Å². The van der Waals surface area contributed by atoms with Crippen molar-refractivity contribution in [3.63, 3.8) is 0 Å². The molecule has 0 bridgehead atoms. The summed E-state index contributed by atoms with van der Waals surface area (Å²) in [6.07, 6.45) is 1.55. The molecule has 1 aromatic heterocycles. The van der Waals surface area contributed by atoms with Gasteiger partial charge in [-0.2, -0.15) is 5.10 Å². The summed E-state index contributed by atoms with van der Waals surface area (Å²) in [5.74, 6) is -0.922. The smallest absolute Gasteiger partial charge is 0.303 e. The molecule has 0 saturated heterocycles. The van der Waals surface area contributed by atoms with E-state index < -0.39 is 5.97 Å². The lowest BCUT2D eigenvalue weighted by Gasteiger charge is -2.05. The highest BCUT2D eigenvalue weighted by molar-refractivity contribution is 5.91. The van der Waals surface area contributed by atoms with E-state index in [9.17, 15) is 9.59 Å². The lowest BCUT2D eigenvalue weighted by molar-refractivity contribution is -0.137. The number of hydrogen-bond donors (Lipinski definition) is 2. The molecule has 1 amide bonds. The monoisotopic (exact) mass is 253 g/mol. The minimum Gasteiger partial charge on any atom is -0.481 e. The average molecular weight is 253 g/mol. The van der Waals surface area contributed by atoms with Gasteiger partial charge >= 0.3 is 5.97 Å². The number of carboxylic acids is 1. The Morgan fingerprint density at radius 3 is 2.39 bits per heavy atom. The average Bonchev–Trinajstić information content (AvgIpc) is 2.51. The summed E-state index contributed by atoms with van der Waals surface area (Å²) in [4.78, 5) is 22.0. The number of carbonyl (C=O) groups is 2. The van der Waals surface area contributed by atoms with Gasteiger partial charge in [-0.05, 0) is 26.7 Å². The number of hydrogen-bond acceptors (Lipinski definition) is 3. The highest BCUT2D eigenvalue weighted by atomic mass is 16.4. The number of nitrogens with one attached hydrogen (secondary N) is 1. The Hall–Kier alpha value is -1.85. The van der Waals surface area contributed by atoms with E-state index in [1.54, 1.807) is 4.68 Å². The maximum atomic E-state index is 11.7. The van der Waals surface area contributed by atoms with Gasteiger partial charge in [-0.25, -0.2) is 0 Å². The quantitative estimate of drug-likeness (QED) is 0.754. The molecule has 0 atom stereocenters. The van der Waals surface area contributed by atoms with Crippen LogP contribution in [0.15, 0.2) is 0 Å². The highest BCUT2D eigenvalue weighted by Gasteiger charge is 2.12. The van der Waals surface area contributed by atoms with E-state index in [0.717, 1.165) is 17.1 Å². The van der Waals surface area contributed by atoms with Crippen molar-refractivity contribution < 1.29 is 14.7 Å². The number of aromatic nitrogens is 2. The van der Waals surface area contributed by atoms with Crippen LogP contribution in [-0.4, -0.2) is 26.8 Å². The molecule has 0 fully saturated rings. The van der Waals surface area contributed by atoms with Crippen LogP contribution in [0.2, 0.25) is 0 Å². The van der Waals surface area contributed by atoms with Gasteiger partial charge in [-0.1, -0.05) is 0 Å². The number of nitrogens with zero attached hydrogens (tertiary/aromatic N) is 2. The molecule has 2 N–H and O–H groups in total. The number of carboxylic acid groups (broad SMARTS) is 1. The second-order valence-electron chi connectivity index (χ2n) is 4.32. The van der Waals surface area contributed by atoms with Crippen LogP contribution in [-0.2, 0) is 16.6 Å². The molecule has 0 saturated carbocycles. The third-order valence-electron chi connectivity index (χ3n) is 2.82. The summed E-state index contributed by atoms with van der Waals surface area (Å²) in [5, 5.41) is 15.5. The first kappa shape index (κ1) is 14.2. The van der Waals surface area contributed by atoms with Crippen molar-refractivity contribution in [2.45, 2.75) is 39.5 Å². The van der Waals surface area contributed by atoms with Gasteiger partial charge < -0.3 is 10.4 Å². The van der Waals surface area contributed by atoms with Crippen molar-refractivity contribution >= 4 is 17.6 Å². The molecule has 0 aliphatic rings. The first-order valence-electron chi connectivity index (χ1n) is 5.93. The minimum absolute atomic E-state index is 0.0976. The van der Waals surface area contributed by atoms with Crippen molar-refractivity contribution in [3.05, 3.63) is 11.4 Å². The van der Waals surface area contributed by atoms with Crippen LogP contribution in [0.3, 0.4) is 0 Å². The molecule has 1 aromatic rings. The molecule has 0 aliphatic carbocycles. The van der Waals surface area contributed by atoms with Crippen molar-refractivity contribution in [1.82, 2.24) is 9.78 Å². The van der Waals surface area contributed by atoms with Crippen molar-refractivity contribution in [2.75, 3.05) is 5.32 Å². The lowest BCUT2D eigenvalue weighted by atomic mass is 10.2. The number of rotatable bonds is 6. The summed E-state index contributed by atoms with van der Waals surface area (Å²) in [6.45, 7) is 3.73. The minimum atomic E-state index is -0.825. The fraction of sp³-hybridized carbons (Fsp3) is 0.583. The Labute approximate surface area is 106 Å². The summed E-state index contributed by atoms with van der Waals surface area (Å²) >= 11 is 0. The predicted octanol–water partition coefficient (Wildman–Crippen LogP) is 1.62. The second-order valence-corrected chi connectivity index (χ2v) is 4.32. The largest absolute Gasteiger partial charge is 0.481 e. The van der Waals surface area contributed by atoms with Crippen LogP contribution < -0.4 is 5.32 Å². The molecule has 18 heavy (non-hydrogen) atoms. The summed E-state index contributed by atoms with van der Waals surface area (Å²) < 4.78 is 1.72. The van der Waals surface area contributed by atoms with Gasteiger partial charge in [-0.15, -0.1) is 0 Å². The Kier molecular flexibility index (Phi) is 4.88. The standard InChI is InChI=1S/C12H19N3O3/c1-8-12(9(2)15(3)14-8)13-10(16)6-4-5-7-11(17)18/h4-7H2,1-3H3,(H,13,16)(H,17,18). The summed E-state index contributed by atoms with van der Waals surface area (Å²) in [5.41, 5.74) is 2.45. The maximum Gasteiger partial charge on any atom is 0.303 e. The fourth-order valence-corrected chi connectivity index (χ4v) is 1.72. The zero-order chi connectivity index (χ0) is 13.7. The second kappa shape index (κ2) is 6.18. The van der Waals surface area contributed by atoms with Crippen LogP contribution in [0, 0.1) is 13.8 Å². The Morgan fingerprint density at radius 1 is 1.28 bits per heavy atom. The van der Waals surface area contributed by atoms with Crippen LogP contribution in [0.1, 0.15) is 37.1 Å². The van der Waals surface area contributed by atoms with E-state index in [1.165, 1.54) is 0 Å². The summed E-state index contributed by atoms with van der Waals surface area (Å²) in [6, 6.07) is 0. The first-order chi connectivity index (χ1) is 8.41. The first-order valence-corrected chi connectivity index (χ1v) is 5.93. The topological polar surface area (TPSA) is 84.2 Å². The van der Waals surface area contributed by atoms with Gasteiger partial charge in [0.15, 0.2) is 0 Å². The van der Waals surface area contributed by atoms with Crippen LogP contribution in [0.4, 0.5) is 5.69 Å². The molecule has 100 valence electrons. The number of amides is 1. The molecule has 0 unspecified atom stereocenters. The van der Waals surface area contributed by atoms with Crippen molar-refractivity contribution in [1.29, 1.82) is 0 Å².